The summed E-state index contributed by atoms with van der Waals surface area (Å²) in [6.45, 7) is 7.08. The van der Waals surface area contributed by atoms with E-state index in [1.807, 2.05) is 24.6 Å². The SMILES string of the molecule is CC(C)n1ccnc1[C@H](C)S(=O)(=O)N1CCCC1. The third kappa shape index (κ3) is 2.31. The Hall–Kier alpha value is -0.880. The maximum Gasteiger partial charge on any atom is 0.224 e. The van der Waals surface area contributed by atoms with E-state index in [1.165, 1.54) is 0 Å². The van der Waals surface area contributed by atoms with Crippen LogP contribution < -0.4 is 0 Å². The molecule has 0 aliphatic carbocycles. The van der Waals surface area contributed by atoms with Crippen LogP contribution in [-0.4, -0.2) is 35.4 Å². The van der Waals surface area contributed by atoms with Crippen LogP contribution in [0.2, 0.25) is 0 Å². The molecular weight excluding hydrogens is 250 g/mol. The maximum absolute atomic E-state index is 12.5. The zero-order valence-electron chi connectivity index (χ0n) is 11.2. The Morgan fingerprint density at radius 3 is 2.39 bits per heavy atom. The van der Waals surface area contributed by atoms with E-state index in [9.17, 15) is 8.42 Å². The molecule has 1 aromatic heterocycles. The average Bonchev–Trinajstić information content (AvgIpc) is 2.98. The van der Waals surface area contributed by atoms with Crippen molar-refractivity contribution in [3.05, 3.63) is 18.2 Å². The van der Waals surface area contributed by atoms with Gasteiger partial charge in [-0.15, -0.1) is 0 Å². The highest BCUT2D eigenvalue weighted by atomic mass is 32.2. The molecule has 1 atom stereocenters. The molecular formula is C12H21N3O2S. The molecule has 0 bridgehead atoms. The van der Waals surface area contributed by atoms with Gasteiger partial charge in [0.25, 0.3) is 0 Å². The first kappa shape index (κ1) is 13.5. The highest BCUT2D eigenvalue weighted by Crippen LogP contribution is 2.28. The molecule has 5 nitrogen and oxygen atoms in total. The fraction of sp³-hybridized carbons (Fsp3) is 0.750. The van der Waals surface area contributed by atoms with Crippen LogP contribution >= 0.6 is 0 Å². The van der Waals surface area contributed by atoms with E-state index in [2.05, 4.69) is 4.98 Å². The minimum Gasteiger partial charge on any atom is -0.331 e. The second-order valence-corrected chi connectivity index (χ2v) is 7.33. The Bertz CT molecular complexity index is 501. The largest absolute Gasteiger partial charge is 0.331 e. The van der Waals surface area contributed by atoms with Crippen molar-refractivity contribution in [2.45, 2.75) is 44.9 Å². The minimum absolute atomic E-state index is 0.221. The molecule has 0 spiro atoms. The summed E-state index contributed by atoms with van der Waals surface area (Å²) < 4.78 is 28.5. The summed E-state index contributed by atoms with van der Waals surface area (Å²) >= 11 is 0. The van der Waals surface area contributed by atoms with Crippen LogP contribution in [0.3, 0.4) is 0 Å². The van der Waals surface area contributed by atoms with E-state index in [0.717, 1.165) is 12.8 Å². The number of sulfonamides is 1. The number of nitrogens with zero attached hydrogens (tertiary/aromatic N) is 3. The number of hydrogen-bond acceptors (Lipinski definition) is 3. The number of hydrogen-bond donors (Lipinski definition) is 0. The second kappa shape index (κ2) is 5.01. The highest BCUT2D eigenvalue weighted by Gasteiger charge is 2.34. The average molecular weight is 271 g/mol. The van der Waals surface area contributed by atoms with Gasteiger partial charge in [0.1, 0.15) is 11.1 Å². The molecule has 1 aliphatic heterocycles. The first-order valence-corrected chi connectivity index (χ1v) is 7.96. The second-order valence-electron chi connectivity index (χ2n) is 5.08. The fourth-order valence-corrected chi connectivity index (χ4v) is 4.04. The van der Waals surface area contributed by atoms with Gasteiger partial charge in [-0.3, -0.25) is 0 Å². The van der Waals surface area contributed by atoms with E-state index in [-0.39, 0.29) is 6.04 Å². The van der Waals surface area contributed by atoms with E-state index in [4.69, 9.17) is 0 Å². The summed E-state index contributed by atoms with van der Waals surface area (Å²) in [5.74, 6) is 0.636. The molecule has 2 heterocycles. The highest BCUT2D eigenvalue weighted by molar-refractivity contribution is 7.89. The predicted octanol–water partition coefficient (Wildman–Crippen LogP) is 1.95. The molecule has 1 aliphatic rings. The molecule has 18 heavy (non-hydrogen) atoms. The maximum atomic E-state index is 12.5. The van der Waals surface area contributed by atoms with Gasteiger partial charge in [0.05, 0.1) is 0 Å². The zero-order chi connectivity index (χ0) is 13.3. The lowest BCUT2D eigenvalue weighted by Crippen LogP contribution is -2.32. The van der Waals surface area contributed by atoms with Crippen LogP contribution in [0.25, 0.3) is 0 Å². The molecule has 0 aromatic carbocycles. The molecule has 6 heteroatoms. The number of aromatic nitrogens is 2. The van der Waals surface area contributed by atoms with Crippen molar-refractivity contribution in [3.63, 3.8) is 0 Å². The van der Waals surface area contributed by atoms with Gasteiger partial charge in [-0.25, -0.2) is 17.7 Å². The van der Waals surface area contributed by atoms with Gasteiger partial charge in [-0.1, -0.05) is 0 Å². The lowest BCUT2D eigenvalue weighted by Gasteiger charge is -2.22. The summed E-state index contributed by atoms with van der Waals surface area (Å²) in [5, 5.41) is -0.576. The van der Waals surface area contributed by atoms with Gasteiger partial charge in [0.2, 0.25) is 10.0 Å². The number of rotatable bonds is 4. The van der Waals surface area contributed by atoms with Crippen molar-refractivity contribution < 1.29 is 8.42 Å². The van der Waals surface area contributed by atoms with Crippen molar-refractivity contribution in [3.8, 4) is 0 Å². The van der Waals surface area contributed by atoms with Crippen molar-refractivity contribution in [1.82, 2.24) is 13.9 Å². The quantitative estimate of drug-likeness (QED) is 0.841. The summed E-state index contributed by atoms with van der Waals surface area (Å²) in [6.07, 6.45) is 5.44. The predicted molar refractivity (Wildman–Crippen MR) is 70.8 cm³/mol. The Morgan fingerprint density at radius 2 is 1.83 bits per heavy atom. The van der Waals surface area contributed by atoms with Gasteiger partial charge in [-0.2, -0.15) is 0 Å². The van der Waals surface area contributed by atoms with Gasteiger partial charge in [-0.05, 0) is 33.6 Å². The summed E-state index contributed by atoms with van der Waals surface area (Å²) in [6, 6.07) is 0.221. The minimum atomic E-state index is -3.27. The van der Waals surface area contributed by atoms with Crippen molar-refractivity contribution in [2.24, 2.45) is 0 Å². The Kier molecular flexibility index (Phi) is 3.77. The summed E-state index contributed by atoms with van der Waals surface area (Å²) in [7, 11) is -3.27. The van der Waals surface area contributed by atoms with E-state index in [1.54, 1.807) is 17.4 Å². The molecule has 102 valence electrons. The lowest BCUT2D eigenvalue weighted by atomic mass is 10.3. The van der Waals surface area contributed by atoms with E-state index in [0.29, 0.717) is 18.9 Å². The van der Waals surface area contributed by atoms with Crippen LogP contribution in [0.4, 0.5) is 0 Å². The fourth-order valence-electron chi connectivity index (χ4n) is 2.38. The monoisotopic (exact) mass is 271 g/mol. The third-order valence-corrected chi connectivity index (χ3v) is 5.68. The molecule has 1 fully saturated rings. The van der Waals surface area contributed by atoms with Crippen molar-refractivity contribution in [2.75, 3.05) is 13.1 Å². The topological polar surface area (TPSA) is 55.2 Å². The molecule has 1 aromatic rings. The van der Waals surface area contributed by atoms with Crippen LogP contribution in [0.5, 0.6) is 0 Å². The molecule has 1 saturated heterocycles. The van der Waals surface area contributed by atoms with Crippen LogP contribution in [0.1, 0.15) is 50.7 Å². The summed E-state index contributed by atoms with van der Waals surface area (Å²) in [5.41, 5.74) is 0. The van der Waals surface area contributed by atoms with Crippen molar-refractivity contribution >= 4 is 10.0 Å². The van der Waals surface area contributed by atoms with Gasteiger partial charge in [0, 0.05) is 31.5 Å². The molecule has 0 N–H and O–H groups in total. The zero-order valence-corrected chi connectivity index (χ0v) is 12.0. The normalized spacial score (nSPS) is 19.6. The van der Waals surface area contributed by atoms with Crippen LogP contribution in [0.15, 0.2) is 12.4 Å². The first-order valence-electron chi connectivity index (χ1n) is 6.46. The number of imidazole rings is 1. The van der Waals surface area contributed by atoms with Crippen LogP contribution in [0, 0.1) is 0 Å². The smallest absolute Gasteiger partial charge is 0.224 e. The summed E-state index contributed by atoms with van der Waals surface area (Å²) in [4.78, 5) is 4.23. The Balaban J connectivity index is 2.30. The first-order chi connectivity index (χ1) is 8.44. The van der Waals surface area contributed by atoms with Gasteiger partial charge >= 0.3 is 0 Å². The third-order valence-electron chi connectivity index (χ3n) is 3.49. The van der Waals surface area contributed by atoms with Crippen LogP contribution in [-0.2, 0) is 10.0 Å². The molecule has 0 amide bonds. The Labute approximate surface area is 109 Å². The van der Waals surface area contributed by atoms with Crippen molar-refractivity contribution in [1.29, 1.82) is 0 Å². The van der Waals surface area contributed by atoms with Gasteiger partial charge in [0.15, 0.2) is 0 Å². The van der Waals surface area contributed by atoms with Gasteiger partial charge < -0.3 is 4.57 Å². The van der Waals surface area contributed by atoms with E-state index >= 15 is 0 Å². The molecule has 0 saturated carbocycles. The van der Waals surface area contributed by atoms with E-state index < -0.39 is 15.3 Å². The Morgan fingerprint density at radius 1 is 1.22 bits per heavy atom. The lowest BCUT2D eigenvalue weighted by molar-refractivity contribution is 0.461. The standard InChI is InChI=1S/C12H21N3O2S/c1-10(2)15-9-6-13-12(15)11(3)18(16,17)14-7-4-5-8-14/h6,9-11H,4-5,7-8H2,1-3H3/t11-/m0/s1. The molecule has 0 unspecified atom stereocenters. The molecule has 2 rings (SSSR count). The molecule has 0 radical (unpaired) electrons.